The lowest BCUT2D eigenvalue weighted by atomic mass is 10.1. The first-order valence-electron chi connectivity index (χ1n) is 6.98. The van der Waals surface area contributed by atoms with Crippen LogP contribution in [0.3, 0.4) is 0 Å². The number of hydrogen-bond donors (Lipinski definition) is 1. The van der Waals surface area contributed by atoms with E-state index in [1.807, 2.05) is 6.07 Å². The molecule has 18 heavy (non-hydrogen) atoms. The normalized spacial score (nSPS) is 14.8. The number of nitrogens with two attached hydrogens (primary N) is 1. The summed E-state index contributed by atoms with van der Waals surface area (Å²) in [6, 6.07) is 5.34. The molecule has 0 atom stereocenters. The third-order valence-corrected chi connectivity index (χ3v) is 3.47. The fourth-order valence-corrected chi connectivity index (χ4v) is 2.45. The largest absolute Gasteiger partial charge is 0.369 e. The van der Waals surface area contributed by atoms with Gasteiger partial charge in [0.2, 0.25) is 0 Å². The number of para-hydroxylation sites is 1. The molecule has 0 amide bonds. The van der Waals surface area contributed by atoms with Crippen molar-refractivity contribution in [3.63, 3.8) is 0 Å². The van der Waals surface area contributed by atoms with E-state index in [9.17, 15) is 4.39 Å². The maximum absolute atomic E-state index is 14.1. The summed E-state index contributed by atoms with van der Waals surface area (Å²) in [6.07, 6.45) is 4.38. The Morgan fingerprint density at radius 2 is 2.17 bits per heavy atom. The number of nitrogens with zero attached hydrogens (tertiary/aromatic N) is 1. The molecule has 0 aromatic heterocycles. The zero-order valence-corrected chi connectivity index (χ0v) is 11.2. The minimum atomic E-state index is -0.102. The zero-order valence-electron chi connectivity index (χ0n) is 11.2. The molecule has 0 spiro atoms. The van der Waals surface area contributed by atoms with Crippen LogP contribution in [-0.2, 0) is 6.42 Å². The van der Waals surface area contributed by atoms with Crippen molar-refractivity contribution in [1.29, 1.82) is 0 Å². The van der Waals surface area contributed by atoms with Gasteiger partial charge in [-0.2, -0.15) is 0 Å². The Morgan fingerprint density at radius 1 is 1.39 bits per heavy atom. The number of benzene rings is 1. The predicted octanol–water partition coefficient (Wildman–Crippen LogP) is 2.95. The van der Waals surface area contributed by atoms with E-state index in [0.717, 1.165) is 43.1 Å². The first-order chi connectivity index (χ1) is 8.76. The van der Waals surface area contributed by atoms with Gasteiger partial charge in [0.05, 0.1) is 5.69 Å². The van der Waals surface area contributed by atoms with E-state index in [-0.39, 0.29) is 5.82 Å². The van der Waals surface area contributed by atoms with Crippen LogP contribution in [-0.4, -0.2) is 19.6 Å². The number of halogens is 1. The van der Waals surface area contributed by atoms with Gasteiger partial charge in [-0.15, -0.1) is 0 Å². The van der Waals surface area contributed by atoms with E-state index < -0.39 is 0 Å². The molecule has 0 bridgehead atoms. The second kappa shape index (κ2) is 6.19. The molecule has 1 aromatic carbocycles. The topological polar surface area (TPSA) is 29.3 Å². The van der Waals surface area contributed by atoms with Gasteiger partial charge in [-0.3, -0.25) is 0 Å². The Labute approximate surface area is 109 Å². The van der Waals surface area contributed by atoms with Crippen LogP contribution in [0.4, 0.5) is 10.1 Å². The van der Waals surface area contributed by atoms with Crippen LogP contribution in [0.25, 0.3) is 0 Å². The molecule has 0 heterocycles. The molecule has 0 unspecified atom stereocenters. The molecule has 0 saturated heterocycles. The van der Waals surface area contributed by atoms with E-state index in [1.165, 1.54) is 12.8 Å². The van der Waals surface area contributed by atoms with Crippen LogP contribution in [0.5, 0.6) is 0 Å². The van der Waals surface area contributed by atoms with Crippen LogP contribution < -0.4 is 10.6 Å². The summed E-state index contributed by atoms with van der Waals surface area (Å²) in [5.41, 5.74) is 7.46. The van der Waals surface area contributed by atoms with Crippen molar-refractivity contribution in [3.8, 4) is 0 Å². The minimum Gasteiger partial charge on any atom is -0.369 e. The predicted molar refractivity (Wildman–Crippen MR) is 74.4 cm³/mol. The summed E-state index contributed by atoms with van der Waals surface area (Å²) < 4.78 is 14.1. The molecule has 1 fully saturated rings. The lowest BCUT2D eigenvalue weighted by Crippen LogP contribution is -2.29. The fourth-order valence-electron chi connectivity index (χ4n) is 2.45. The van der Waals surface area contributed by atoms with E-state index in [4.69, 9.17) is 5.73 Å². The molecule has 1 aliphatic carbocycles. The first-order valence-corrected chi connectivity index (χ1v) is 6.98. The molecule has 2 nitrogen and oxygen atoms in total. The van der Waals surface area contributed by atoms with Gasteiger partial charge in [0.1, 0.15) is 5.82 Å². The van der Waals surface area contributed by atoms with Crippen molar-refractivity contribution < 1.29 is 4.39 Å². The number of rotatable bonds is 7. The molecule has 0 radical (unpaired) electrons. The summed E-state index contributed by atoms with van der Waals surface area (Å²) in [6.45, 7) is 4.63. The smallest absolute Gasteiger partial charge is 0.146 e. The maximum Gasteiger partial charge on any atom is 0.146 e. The molecule has 1 aromatic rings. The molecule has 1 aliphatic rings. The van der Waals surface area contributed by atoms with Crippen molar-refractivity contribution in [1.82, 2.24) is 0 Å². The third-order valence-electron chi connectivity index (χ3n) is 3.47. The van der Waals surface area contributed by atoms with E-state index in [1.54, 1.807) is 12.1 Å². The summed E-state index contributed by atoms with van der Waals surface area (Å²) in [5.74, 6) is 0.664. The molecule has 2 N–H and O–H groups in total. The van der Waals surface area contributed by atoms with Gasteiger partial charge in [0, 0.05) is 13.1 Å². The Kier molecular flexibility index (Phi) is 4.59. The van der Waals surface area contributed by atoms with E-state index in [0.29, 0.717) is 6.54 Å². The highest BCUT2D eigenvalue weighted by molar-refractivity contribution is 5.55. The highest BCUT2D eigenvalue weighted by Gasteiger charge is 2.26. The number of hydrogen-bond acceptors (Lipinski definition) is 2. The Bertz CT molecular complexity index is 388. The number of anilines is 1. The molecule has 1 saturated carbocycles. The molecule has 0 aliphatic heterocycles. The average Bonchev–Trinajstić information content (AvgIpc) is 3.13. The van der Waals surface area contributed by atoms with Crippen molar-refractivity contribution in [2.24, 2.45) is 11.7 Å². The first kappa shape index (κ1) is 13.3. The maximum atomic E-state index is 14.1. The standard InChI is InChI=1S/C15H23FN2/c1-2-10-18(11-12-6-7-12)15-13(8-9-17)4-3-5-14(15)16/h3-5,12H,2,6-11,17H2,1H3. The van der Waals surface area contributed by atoms with Gasteiger partial charge >= 0.3 is 0 Å². The monoisotopic (exact) mass is 250 g/mol. The Hall–Kier alpha value is -1.09. The fraction of sp³-hybridized carbons (Fsp3) is 0.600. The molecule has 2 rings (SSSR count). The molecule has 100 valence electrons. The summed E-state index contributed by atoms with van der Waals surface area (Å²) in [7, 11) is 0. The Balaban J connectivity index is 2.25. The van der Waals surface area contributed by atoms with Gasteiger partial charge in [0.25, 0.3) is 0 Å². The average molecular weight is 250 g/mol. The molecular formula is C15H23FN2. The van der Waals surface area contributed by atoms with Gasteiger partial charge in [0.15, 0.2) is 0 Å². The van der Waals surface area contributed by atoms with Gasteiger partial charge in [-0.1, -0.05) is 19.1 Å². The van der Waals surface area contributed by atoms with E-state index >= 15 is 0 Å². The Morgan fingerprint density at radius 3 is 2.78 bits per heavy atom. The van der Waals surface area contributed by atoms with Gasteiger partial charge in [-0.25, -0.2) is 4.39 Å². The quantitative estimate of drug-likeness (QED) is 0.806. The van der Waals surface area contributed by atoms with Crippen molar-refractivity contribution in [2.45, 2.75) is 32.6 Å². The summed E-state index contributed by atoms with van der Waals surface area (Å²) >= 11 is 0. The third kappa shape index (κ3) is 3.22. The second-order valence-electron chi connectivity index (χ2n) is 5.18. The van der Waals surface area contributed by atoms with Crippen molar-refractivity contribution >= 4 is 5.69 Å². The van der Waals surface area contributed by atoms with Crippen molar-refractivity contribution in [2.75, 3.05) is 24.5 Å². The molecule has 3 heteroatoms. The lowest BCUT2D eigenvalue weighted by molar-refractivity contribution is 0.605. The minimum absolute atomic E-state index is 0.102. The van der Waals surface area contributed by atoms with Crippen LogP contribution >= 0.6 is 0 Å². The van der Waals surface area contributed by atoms with Crippen LogP contribution in [0.1, 0.15) is 31.7 Å². The van der Waals surface area contributed by atoms with E-state index in [2.05, 4.69) is 11.8 Å². The SMILES string of the molecule is CCCN(CC1CC1)c1c(F)cccc1CCN. The van der Waals surface area contributed by atoms with Crippen molar-refractivity contribution in [3.05, 3.63) is 29.6 Å². The lowest BCUT2D eigenvalue weighted by Gasteiger charge is -2.27. The molecular weight excluding hydrogens is 227 g/mol. The van der Waals surface area contributed by atoms with Crippen LogP contribution in [0.2, 0.25) is 0 Å². The highest BCUT2D eigenvalue weighted by atomic mass is 19.1. The van der Waals surface area contributed by atoms with Crippen LogP contribution in [0, 0.1) is 11.7 Å². The summed E-state index contributed by atoms with van der Waals surface area (Å²) in [5, 5.41) is 0. The second-order valence-corrected chi connectivity index (χ2v) is 5.18. The zero-order chi connectivity index (χ0) is 13.0. The van der Waals surface area contributed by atoms with Gasteiger partial charge in [-0.05, 0) is 49.8 Å². The highest BCUT2D eigenvalue weighted by Crippen LogP contribution is 2.33. The summed E-state index contributed by atoms with van der Waals surface area (Å²) in [4.78, 5) is 2.22. The van der Waals surface area contributed by atoms with Gasteiger partial charge < -0.3 is 10.6 Å². The van der Waals surface area contributed by atoms with Crippen LogP contribution in [0.15, 0.2) is 18.2 Å².